The molecule has 5 heteroatoms. The maximum absolute atomic E-state index is 11.9. The van der Waals surface area contributed by atoms with Crippen molar-refractivity contribution in [3.63, 3.8) is 0 Å². The molecule has 5 nitrogen and oxygen atoms in total. The number of ether oxygens (including phenoxy) is 1. The molecule has 0 fully saturated rings. The maximum Gasteiger partial charge on any atom is 0.221 e. The molecular weight excluding hydrogens is 290 g/mol. The second kappa shape index (κ2) is 6.12. The van der Waals surface area contributed by atoms with Gasteiger partial charge in [0.05, 0.1) is 7.11 Å². The summed E-state index contributed by atoms with van der Waals surface area (Å²) in [5.41, 5.74) is 8.56. The third-order valence-corrected chi connectivity index (χ3v) is 4.27. The van der Waals surface area contributed by atoms with Crippen molar-refractivity contribution in [2.75, 3.05) is 7.11 Å². The van der Waals surface area contributed by atoms with Crippen molar-refractivity contribution in [1.29, 1.82) is 0 Å². The van der Waals surface area contributed by atoms with E-state index >= 15 is 0 Å². The highest BCUT2D eigenvalue weighted by atomic mass is 16.5. The van der Waals surface area contributed by atoms with Crippen LogP contribution in [0.5, 0.6) is 5.75 Å². The number of nitrogens with zero attached hydrogens (tertiary/aromatic N) is 1. The zero-order chi connectivity index (χ0) is 16.4. The molecule has 0 radical (unpaired) electrons. The fraction of sp³-hybridized carbons (Fsp3) is 0.222. The SMILES string of the molecule is COc1cccc2[nH]cc(C(c3ccncc3)C(C)C(N)=O)c12. The van der Waals surface area contributed by atoms with E-state index in [1.165, 1.54) is 0 Å². The van der Waals surface area contributed by atoms with Crippen molar-refractivity contribution in [2.45, 2.75) is 12.8 Å². The van der Waals surface area contributed by atoms with E-state index in [1.54, 1.807) is 19.5 Å². The van der Waals surface area contributed by atoms with E-state index in [0.29, 0.717) is 0 Å². The van der Waals surface area contributed by atoms with Crippen molar-refractivity contribution in [3.05, 3.63) is 60.0 Å². The molecule has 0 saturated heterocycles. The van der Waals surface area contributed by atoms with Gasteiger partial charge in [-0.05, 0) is 35.4 Å². The smallest absolute Gasteiger partial charge is 0.221 e. The molecular formula is C18H19N3O2. The fourth-order valence-electron chi connectivity index (χ4n) is 3.06. The van der Waals surface area contributed by atoms with E-state index in [0.717, 1.165) is 27.8 Å². The minimum Gasteiger partial charge on any atom is -0.496 e. The Balaban J connectivity index is 2.24. The lowest BCUT2D eigenvalue weighted by atomic mass is 9.81. The van der Waals surface area contributed by atoms with Crippen LogP contribution < -0.4 is 10.5 Å². The van der Waals surface area contributed by atoms with Crippen LogP contribution in [0, 0.1) is 5.92 Å². The summed E-state index contributed by atoms with van der Waals surface area (Å²) in [6.07, 6.45) is 5.38. The molecule has 3 N–H and O–H groups in total. The maximum atomic E-state index is 11.9. The normalized spacial score (nSPS) is 13.7. The number of pyridine rings is 1. The van der Waals surface area contributed by atoms with Crippen LogP contribution in [-0.4, -0.2) is 23.0 Å². The monoisotopic (exact) mass is 309 g/mol. The molecule has 2 aromatic heterocycles. The van der Waals surface area contributed by atoms with Crippen LogP contribution in [0.25, 0.3) is 10.9 Å². The quantitative estimate of drug-likeness (QED) is 0.760. The number of benzene rings is 1. The fourth-order valence-corrected chi connectivity index (χ4v) is 3.06. The number of amides is 1. The molecule has 0 aliphatic carbocycles. The summed E-state index contributed by atoms with van der Waals surface area (Å²) in [5, 5.41) is 0.977. The highest BCUT2D eigenvalue weighted by molar-refractivity contribution is 5.91. The summed E-state index contributed by atoms with van der Waals surface area (Å²) in [7, 11) is 1.64. The Kier molecular flexibility index (Phi) is 4.02. The average Bonchev–Trinajstić information content (AvgIpc) is 3.00. The summed E-state index contributed by atoms with van der Waals surface area (Å²) in [6, 6.07) is 9.66. The van der Waals surface area contributed by atoms with Crippen LogP contribution in [0.4, 0.5) is 0 Å². The van der Waals surface area contributed by atoms with Gasteiger partial charge in [-0.2, -0.15) is 0 Å². The molecule has 1 aromatic carbocycles. The van der Waals surface area contributed by atoms with Gasteiger partial charge in [0.25, 0.3) is 0 Å². The van der Waals surface area contributed by atoms with Crippen LogP contribution in [0.3, 0.4) is 0 Å². The van der Waals surface area contributed by atoms with E-state index < -0.39 is 0 Å². The molecule has 118 valence electrons. The summed E-state index contributed by atoms with van der Waals surface area (Å²) in [6.45, 7) is 1.85. The molecule has 0 saturated carbocycles. The number of carbonyl (C=O) groups excluding carboxylic acids is 1. The molecule has 2 heterocycles. The Bertz CT molecular complexity index is 827. The van der Waals surface area contributed by atoms with Gasteiger partial charge in [-0.15, -0.1) is 0 Å². The molecule has 0 spiro atoms. The first kappa shape index (κ1) is 15.1. The largest absolute Gasteiger partial charge is 0.496 e. The Morgan fingerprint density at radius 3 is 2.65 bits per heavy atom. The summed E-state index contributed by atoms with van der Waals surface area (Å²) >= 11 is 0. The van der Waals surface area contributed by atoms with Crippen LogP contribution >= 0.6 is 0 Å². The highest BCUT2D eigenvalue weighted by Crippen LogP contribution is 2.39. The van der Waals surface area contributed by atoms with E-state index in [9.17, 15) is 4.79 Å². The number of hydrogen-bond acceptors (Lipinski definition) is 3. The van der Waals surface area contributed by atoms with Gasteiger partial charge in [-0.1, -0.05) is 13.0 Å². The van der Waals surface area contributed by atoms with Crippen molar-refractivity contribution >= 4 is 16.8 Å². The zero-order valence-electron chi connectivity index (χ0n) is 13.1. The Morgan fingerprint density at radius 1 is 1.26 bits per heavy atom. The average molecular weight is 309 g/mol. The van der Waals surface area contributed by atoms with Gasteiger partial charge in [0.1, 0.15) is 5.75 Å². The number of fused-ring (bicyclic) bond motifs is 1. The van der Waals surface area contributed by atoms with Crippen molar-refractivity contribution in [1.82, 2.24) is 9.97 Å². The summed E-state index contributed by atoms with van der Waals surface area (Å²) in [4.78, 5) is 19.2. The lowest BCUT2D eigenvalue weighted by Gasteiger charge is -2.22. The van der Waals surface area contributed by atoms with Crippen LogP contribution in [0.15, 0.2) is 48.9 Å². The molecule has 0 bridgehead atoms. The first-order valence-corrected chi connectivity index (χ1v) is 7.46. The van der Waals surface area contributed by atoms with E-state index in [4.69, 9.17) is 10.5 Å². The number of nitrogens with one attached hydrogen (secondary N) is 1. The molecule has 3 rings (SSSR count). The van der Waals surface area contributed by atoms with Gasteiger partial charge in [-0.25, -0.2) is 0 Å². The Morgan fingerprint density at radius 2 is 2.00 bits per heavy atom. The second-order valence-electron chi connectivity index (χ2n) is 5.58. The lowest BCUT2D eigenvalue weighted by Crippen LogP contribution is -2.27. The predicted molar refractivity (Wildman–Crippen MR) is 89.3 cm³/mol. The number of primary amides is 1. The van der Waals surface area contributed by atoms with Gasteiger partial charge >= 0.3 is 0 Å². The third-order valence-electron chi connectivity index (χ3n) is 4.27. The van der Waals surface area contributed by atoms with Gasteiger partial charge in [0.15, 0.2) is 0 Å². The minimum absolute atomic E-state index is 0.166. The number of hydrogen-bond donors (Lipinski definition) is 2. The van der Waals surface area contributed by atoms with Crippen molar-refractivity contribution in [3.8, 4) is 5.75 Å². The molecule has 3 aromatic rings. The predicted octanol–water partition coefficient (Wildman–Crippen LogP) is 2.82. The standard InChI is InChI=1S/C18H19N3O2/c1-11(18(19)22)16(12-6-8-20-9-7-12)13-10-21-14-4-3-5-15(23-2)17(13)14/h3-11,16,21H,1-2H3,(H2,19,22). The van der Waals surface area contributed by atoms with Gasteiger partial charge < -0.3 is 15.5 Å². The van der Waals surface area contributed by atoms with E-state index in [-0.39, 0.29) is 17.7 Å². The van der Waals surface area contributed by atoms with Crippen molar-refractivity contribution < 1.29 is 9.53 Å². The molecule has 0 aliphatic heterocycles. The minimum atomic E-state index is -0.360. The lowest BCUT2D eigenvalue weighted by molar-refractivity contribution is -0.121. The van der Waals surface area contributed by atoms with Gasteiger partial charge in [0.2, 0.25) is 5.91 Å². The Hall–Kier alpha value is -2.82. The number of carbonyl (C=O) groups is 1. The van der Waals surface area contributed by atoms with Crippen LogP contribution in [0.1, 0.15) is 24.0 Å². The number of H-pyrrole nitrogens is 1. The number of aromatic nitrogens is 2. The third kappa shape index (κ3) is 2.65. The number of aromatic amines is 1. The topological polar surface area (TPSA) is 81.0 Å². The molecule has 2 atom stereocenters. The second-order valence-corrected chi connectivity index (χ2v) is 5.58. The number of nitrogens with two attached hydrogens (primary N) is 1. The molecule has 0 aliphatic rings. The molecule has 2 unspecified atom stereocenters. The van der Waals surface area contributed by atoms with E-state index in [2.05, 4.69) is 9.97 Å². The van der Waals surface area contributed by atoms with Crippen LogP contribution in [0.2, 0.25) is 0 Å². The summed E-state index contributed by atoms with van der Waals surface area (Å²) < 4.78 is 5.50. The zero-order valence-corrected chi connectivity index (χ0v) is 13.1. The first-order chi connectivity index (χ1) is 11.1. The van der Waals surface area contributed by atoms with Crippen molar-refractivity contribution in [2.24, 2.45) is 11.7 Å². The summed E-state index contributed by atoms with van der Waals surface area (Å²) in [5.74, 6) is -0.0904. The van der Waals surface area contributed by atoms with Crippen LogP contribution in [-0.2, 0) is 4.79 Å². The number of rotatable bonds is 5. The van der Waals surface area contributed by atoms with Gasteiger partial charge in [-0.3, -0.25) is 9.78 Å². The molecule has 1 amide bonds. The first-order valence-electron chi connectivity index (χ1n) is 7.46. The van der Waals surface area contributed by atoms with E-state index in [1.807, 2.05) is 43.5 Å². The van der Waals surface area contributed by atoms with Gasteiger partial charge in [0, 0.05) is 41.3 Å². The number of methoxy groups -OCH3 is 1. The molecule has 23 heavy (non-hydrogen) atoms. The highest BCUT2D eigenvalue weighted by Gasteiger charge is 2.28. The Labute approximate surface area is 134 Å².